The molecule has 3 aromatic carbocycles. The van der Waals surface area contributed by atoms with E-state index in [1.165, 1.54) is 28.5 Å². The SMILES string of the molecule is O=c1c2ccccc2nc(SCc2ccc(C(F)(F)F)cc2)n1-c1ccc(Cl)cc1. The molecule has 0 aliphatic heterocycles. The number of fused-ring (bicyclic) bond motifs is 1. The van der Waals surface area contributed by atoms with Gasteiger partial charge in [-0.15, -0.1) is 0 Å². The number of nitrogens with zero attached hydrogens (tertiary/aromatic N) is 2. The predicted molar refractivity (Wildman–Crippen MR) is 113 cm³/mol. The Kier molecular flexibility index (Phi) is 5.58. The lowest BCUT2D eigenvalue weighted by Gasteiger charge is -2.13. The molecule has 152 valence electrons. The van der Waals surface area contributed by atoms with Crippen LogP contribution in [0.25, 0.3) is 16.6 Å². The van der Waals surface area contributed by atoms with Crippen LogP contribution in [0.1, 0.15) is 11.1 Å². The van der Waals surface area contributed by atoms with Crippen molar-refractivity contribution in [2.75, 3.05) is 0 Å². The van der Waals surface area contributed by atoms with Gasteiger partial charge in [-0.2, -0.15) is 13.2 Å². The third-order valence-electron chi connectivity index (χ3n) is 4.48. The minimum atomic E-state index is -4.37. The maximum Gasteiger partial charge on any atom is 0.416 e. The van der Waals surface area contributed by atoms with Crippen molar-refractivity contribution in [3.63, 3.8) is 0 Å². The van der Waals surface area contributed by atoms with Crippen molar-refractivity contribution in [2.45, 2.75) is 17.1 Å². The van der Waals surface area contributed by atoms with E-state index in [2.05, 4.69) is 4.98 Å². The van der Waals surface area contributed by atoms with E-state index in [4.69, 9.17) is 11.6 Å². The van der Waals surface area contributed by atoms with Crippen molar-refractivity contribution in [3.05, 3.63) is 99.3 Å². The number of halogens is 4. The number of thioether (sulfide) groups is 1. The van der Waals surface area contributed by atoms with Crippen LogP contribution in [0.2, 0.25) is 5.02 Å². The lowest BCUT2D eigenvalue weighted by molar-refractivity contribution is -0.137. The monoisotopic (exact) mass is 446 g/mol. The maximum absolute atomic E-state index is 13.2. The molecule has 0 aliphatic carbocycles. The summed E-state index contributed by atoms with van der Waals surface area (Å²) in [6.45, 7) is 0. The Labute approximate surface area is 179 Å². The molecule has 8 heteroatoms. The molecule has 30 heavy (non-hydrogen) atoms. The molecule has 0 saturated carbocycles. The van der Waals surface area contributed by atoms with E-state index in [0.29, 0.717) is 38.1 Å². The Morgan fingerprint density at radius 1 is 0.933 bits per heavy atom. The molecule has 0 unspecified atom stereocenters. The van der Waals surface area contributed by atoms with Gasteiger partial charge in [-0.25, -0.2) is 4.98 Å². The first kappa shape index (κ1) is 20.5. The van der Waals surface area contributed by atoms with Crippen molar-refractivity contribution in [3.8, 4) is 5.69 Å². The van der Waals surface area contributed by atoms with Gasteiger partial charge in [-0.05, 0) is 54.1 Å². The second-order valence-electron chi connectivity index (χ2n) is 6.51. The van der Waals surface area contributed by atoms with E-state index in [0.717, 1.165) is 12.1 Å². The molecular formula is C22H14ClF3N2OS. The van der Waals surface area contributed by atoms with Crippen molar-refractivity contribution in [1.29, 1.82) is 0 Å². The average Bonchev–Trinajstić information content (AvgIpc) is 2.73. The highest BCUT2D eigenvalue weighted by atomic mass is 35.5. The molecule has 4 aromatic rings. The molecule has 0 radical (unpaired) electrons. The highest BCUT2D eigenvalue weighted by Gasteiger charge is 2.29. The fourth-order valence-electron chi connectivity index (χ4n) is 2.96. The first-order valence-electron chi connectivity index (χ1n) is 8.89. The Hall–Kier alpha value is -2.77. The van der Waals surface area contributed by atoms with Gasteiger partial charge in [0.25, 0.3) is 5.56 Å². The standard InChI is InChI=1S/C22H14ClF3N2OS/c23-16-9-11-17(12-10-16)28-20(29)18-3-1-2-4-19(18)27-21(28)30-13-14-5-7-15(8-6-14)22(24,25)26/h1-12H,13H2. The van der Waals surface area contributed by atoms with Crippen LogP contribution in [-0.4, -0.2) is 9.55 Å². The van der Waals surface area contributed by atoms with Crippen LogP contribution in [0.5, 0.6) is 0 Å². The van der Waals surface area contributed by atoms with Crippen LogP contribution in [0.3, 0.4) is 0 Å². The molecule has 0 aliphatic rings. The molecule has 0 bridgehead atoms. The number of hydrogen-bond acceptors (Lipinski definition) is 3. The van der Waals surface area contributed by atoms with E-state index >= 15 is 0 Å². The van der Waals surface area contributed by atoms with Crippen molar-refractivity contribution in [2.24, 2.45) is 0 Å². The van der Waals surface area contributed by atoms with Gasteiger partial charge in [0, 0.05) is 10.8 Å². The van der Waals surface area contributed by atoms with Gasteiger partial charge in [0.15, 0.2) is 5.16 Å². The molecule has 3 nitrogen and oxygen atoms in total. The first-order chi connectivity index (χ1) is 14.3. The topological polar surface area (TPSA) is 34.9 Å². The van der Waals surface area contributed by atoms with Crippen LogP contribution in [-0.2, 0) is 11.9 Å². The molecule has 0 N–H and O–H groups in total. The first-order valence-corrected chi connectivity index (χ1v) is 10.3. The van der Waals surface area contributed by atoms with Crippen molar-refractivity contribution in [1.82, 2.24) is 9.55 Å². The predicted octanol–water partition coefficient (Wildman–Crippen LogP) is 6.35. The number of benzene rings is 3. The molecule has 0 atom stereocenters. The Bertz CT molecular complexity index is 1250. The average molecular weight is 447 g/mol. The van der Waals surface area contributed by atoms with Crippen LogP contribution < -0.4 is 5.56 Å². The van der Waals surface area contributed by atoms with Crippen LogP contribution >= 0.6 is 23.4 Å². The van der Waals surface area contributed by atoms with E-state index in [1.807, 2.05) is 0 Å². The second-order valence-corrected chi connectivity index (χ2v) is 7.89. The number of hydrogen-bond donors (Lipinski definition) is 0. The third-order valence-corrected chi connectivity index (χ3v) is 5.74. The second kappa shape index (κ2) is 8.16. The van der Waals surface area contributed by atoms with Gasteiger partial charge in [0.2, 0.25) is 0 Å². The number of aromatic nitrogens is 2. The van der Waals surface area contributed by atoms with Gasteiger partial charge in [0.1, 0.15) is 0 Å². The largest absolute Gasteiger partial charge is 0.416 e. The van der Waals surface area contributed by atoms with Gasteiger partial charge in [-0.1, -0.05) is 47.6 Å². The highest BCUT2D eigenvalue weighted by molar-refractivity contribution is 7.98. The number of rotatable bonds is 4. The normalized spacial score (nSPS) is 11.7. The zero-order valence-electron chi connectivity index (χ0n) is 15.4. The zero-order valence-corrected chi connectivity index (χ0v) is 16.9. The molecule has 4 rings (SSSR count). The molecule has 0 amide bonds. The smallest absolute Gasteiger partial charge is 0.268 e. The summed E-state index contributed by atoms with van der Waals surface area (Å²) in [5, 5.41) is 1.46. The summed E-state index contributed by atoms with van der Waals surface area (Å²) < 4.78 is 39.8. The summed E-state index contributed by atoms with van der Waals surface area (Å²) in [6, 6.07) is 18.8. The highest BCUT2D eigenvalue weighted by Crippen LogP contribution is 2.30. The fraction of sp³-hybridized carbons (Fsp3) is 0.0909. The van der Waals surface area contributed by atoms with Gasteiger partial charge < -0.3 is 0 Å². The van der Waals surface area contributed by atoms with Crippen LogP contribution in [0.15, 0.2) is 82.7 Å². The lowest BCUT2D eigenvalue weighted by Crippen LogP contribution is -2.21. The summed E-state index contributed by atoms with van der Waals surface area (Å²) in [4.78, 5) is 17.8. The maximum atomic E-state index is 13.2. The lowest BCUT2D eigenvalue weighted by atomic mass is 10.1. The summed E-state index contributed by atoms with van der Waals surface area (Å²) in [6.07, 6.45) is -4.37. The van der Waals surface area contributed by atoms with Crippen LogP contribution in [0, 0.1) is 0 Å². The summed E-state index contributed by atoms with van der Waals surface area (Å²) in [5.41, 5.74) is 0.939. The minimum Gasteiger partial charge on any atom is -0.268 e. The molecule has 0 fully saturated rings. The molecule has 0 spiro atoms. The van der Waals surface area contributed by atoms with E-state index in [9.17, 15) is 18.0 Å². The summed E-state index contributed by atoms with van der Waals surface area (Å²) in [5.74, 6) is 0.358. The molecule has 1 heterocycles. The van der Waals surface area contributed by atoms with Gasteiger partial charge >= 0.3 is 6.18 Å². The fourth-order valence-corrected chi connectivity index (χ4v) is 4.06. The summed E-state index contributed by atoms with van der Waals surface area (Å²) in [7, 11) is 0. The molecule has 0 saturated heterocycles. The number of alkyl halides is 3. The van der Waals surface area contributed by atoms with E-state index < -0.39 is 11.7 Å². The van der Waals surface area contributed by atoms with E-state index in [-0.39, 0.29) is 5.56 Å². The van der Waals surface area contributed by atoms with Gasteiger partial charge in [-0.3, -0.25) is 9.36 Å². The molecule has 1 aromatic heterocycles. The van der Waals surface area contributed by atoms with Crippen LogP contribution in [0.4, 0.5) is 13.2 Å². The minimum absolute atomic E-state index is 0.224. The molecular weight excluding hydrogens is 433 g/mol. The summed E-state index contributed by atoms with van der Waals surface area (Å²) >= 11 is 7.25. The third kappa shape index (κ3) is 4.22. The van der Waals surface area contributed by atoms with Crippen molar-refractivity contribution >= 4 is 34.3 Å². The van der Waals surface area contributed by atoms with Crippen molar-refractivity contribution < 1.29 is 13.2 Å². The van der Waals surface area contributed by atoms with E-state index in [1.54, 1.807) is 48.5 Å². The Morgan fingerprint density at radius 3 is 2.27 bits per heavy atom. The zero-order chi connectivity index (χ0) is 21.3. The Morgan fingerprint density at radius 2 is 1.60 bits per heavy atom. The van der Waals surface area contributed by atoms with Gasteiger partial charge in [0.05, 0.1) is 22.2 Å². The Balaban J connectivity index is 1.73. The number of para-hydroxylation sites is 1. The quantitative estimate of drug-likeness (QED) is 0.270.